The molecule has 0 amide bonds. The fraction of sp³-hybridized carbons (Fsp3) is 0.250. The van der Waals surface area contributed by atoms with E-state index < -0.39 is 10.0 Å². The molecule has 0 aliphatic rings. The molecule has 19 heavy (non-hydrogen) atoms. The van der Waals surface area contributed by atoms with E-state index in [-0.39, 0.29) is 5.03 Å². The number of aromatic nitrogens is 2. The third-order valence-electron chi connectivity index (χ3n) is 2.74. The molecule has 7 heteroatoms. The number of nitrogens with two attached hydrogens (primary N) is 1. The monoisotopic (exact) mass is 281 g/mol. The summed E-state index contributed by atoms with van der Waals surface area (Å²) in [5.41, 5.74) is 1.73. The van der Waals surface area contributed by atoms with Crippen LogP contribution in [0.5, 0.6) is 5.75 Å². The van der Waals surface area contributed by atoms with Gasteiger partial charge in [0.15, 0.2) is 5.03 Å². The molecular weight excluding hydrogens is 266 g/mol. The summed E-state index contributed by atoms with van der Waals surface area (Å²) >= 11 is 0. The van der Waals surface area contributed by atoms with Gasteiger partial charge in [0, 0.05) is 5.69 Å². The summed E-state index contributed by atoms with van der Waals surface area (Å²) in [6, 6.07) is 8.94. The number of rotatable bonds is 4. The maximum absolute atomic E-state index is 11.2. The van der Waals surface area contributed by atoms with Crippen molar-refractivity contribution in [2.24, 2.45) is 5.14 Å². The molecule has 1 aromatic heterocycles. The second kappa shape index (κ2) is 5.02. The lowest BCUT2D eigenvalue weighted by Crippen LogP contribution is -2.13. The topological polar surface area (TPSA) is 87.2 Å². The molecule has 0 bridgehead atoms. The Bertz CT molecular complexity index is 675. The Morgan fingerprint density at radius 3 is 2.42 bits per heavy atom. The lowest BCUT2D eigenvalue weighted by molar-refractivity contribution is 0.414. The van der Waals surface area contributed by atoms with Crippen LogP contribution >= 0.6 is 0 Å². The standard InChI is InChI=1S/C12H15N3O3S/c1-9-7-12(19(13,16)17)14-15(9)8-10-3-5-11(18-2)6-4-10/h3-7H,8H2,1-2H3,(H2,13,16,17). The maximum atomic E-state index is 11.2. The number of aryl methyl sites for hydroxylation is 1. The first-order valence-corrected chi connectivity index (χ1v) is 7.15. The Balaban J connectivity index is 2.25. The Labute approximate surface area is 111 Å². The number of sulfonamides is 1. The number of ether oxygens (including phenoxy) is 1. The molecule has 0 spiro atoms. The summed E-state index contributed by atoms with van der Waals surface area (Å²) in [7, 11) is -2.16. The predicted molar refractivity (Wildman–Crippen MR) is 70.4 cm³/mol. The lowest BCUT2D eigenvalue weighted by Gasteiger charge is -2.05. The normalized spacial score (nSPS) is 11.5. The SMILES string of the molecule is COc1ccc(Cn2nc(S(N)(=O)=O)cc2C)cc1. The number of hydrogen-bond acceptors (Lipinski definition) is 4. The van der Waals surface area contributed by atoms with E-state index in [1.807, 2.05) is 24.3 Å². The molecular formula is C12H15N3O3S. The predicted octanol–water partition coefficient (Wildman–Crippen LogP) is 0.896. The summed E-state index contributed by atoms with van der Waals surface area (Å²) in [5, 5.41) is 8.93. The lowest BCUT2D eigenvalue weighted by atomic mass is 10.2. The minimum absolute atomic E-state index is 0.112. The first-order chi connectivity index (χ1) is 8.90. The maximum Gasteiger partial charge on any atom is 0.257 e. The summed E-state index contributed by atoms with van der Waals surface area (Å²) < 4.78 is 29.1. The molecule has 2 aromatic rings. The zero-order valence-electron chi connectivity index (χ0n) is 10.7. The van der Waals surface area contributed by atoms with E-state index in [2.05, 4.69) is 5.10 Å². The highest BCUT2D eigenvalue weighted by Gasteiger charge is 2.14. The number of hydrogen-bond donors (Lipinski definition) is 1. The van der Waals surface area contributed by atoms with Crippen LogP contribution in [0.4, 0.5) is 0 Å². The van der Waals surface area contributed by atoms with Crippen LogP contribution in [0.1, 0.15) is 11.3 Å². The molecule has 2 N–H and O–H groups in total. The molecule has 0 fully saturated rings. The molecule has 1 aromatic carbocycles. The van der Waals surface area contributed by atoms with Gasteiger partial charge in [0.2, 0.25) is 0 Å². The minimum Gasteiger partial charge on any atom is -0.497 e. The van der Waals surface area contributed by atoms with Gasteiger partial charge >= 0.3 is 0 Å². The van der Waals surface area contributed by atoms with Crippen LogP contribution in [-0.4, -0.2) is 25.3 Å². The van der Waals surface area contributed by atoms with E-state index in [1.165, 1.54) is 6.07 Å². The fourth-order valence-electron chi connectivity index (χ4n) is 1.68. The van der Waals surface area contributed by atoms with Gasteiger partial charge in [-0.1, -0.05) is 12.1 Å². The number of nitrogens with zero attached hydrogens (tertiary/aromatic N) is 2. The molecule has 2 rings (SSSR count). The van der Waals surface area contributed by atoms with Crippen LogP contribution in [0.15, 0.2) is 35.4 Å². The highest BCUT2D eigenvalue weighted by molar-refractivity contribution is 7.89. The van der Waals surface area contributed by atoms with Gasteiger partial charge in [0.1, 0.15) is 5.75 Å². The largest absolute Gasteiger partial charge is 0.497 e. The zero-order chi connectivity index (χ0) is 14.0. The molecule has 1 heterocycles. The van der Waals surface area contributed by atoms with Gasteiger partial charge < -0.3 is 4.74 Å². The van der Waals surface area contributed by atoms with Gasteiger partial charge in [-0.2, -0.15) is 5.10 Å². The van der Waals surface area contributed by atoms with E-state index in [0.717, 1.165) is 17.0 Å². The number of benzene rings is 1. The summed E-state index contributed by atoms with van der Waals surface area (Å²) in [5.74, 6) is 0.770. The van der Waals surface area contributed by atoms with Crippen molar-refractivity contribution in [2.75, 3.05) is 7.11 Å². The van der Waals surface area contributed by atoms with Crippen molar-refractivity contribution in [3.05, 3.63) is 41.6 Å². The summed E-state index contributed by atoms with van der Waals surface area (Å²) in [6.07, 6.45) is 0. The molecule has 0 unspecified atom stereocenters. The quantitative estimate of drug-likeness (QED) is 0.901. The smallest absolute Gasteiger partial charge is 0.257 e. The van der Waals surface area contributed by atoms with E-state index in [0.29, 0.717) is 6.54 Å². The summed E-state index contributed by atoms with van der Waals surface area (Å²) in [6.45, 7) is 2.26. The van der Waals surface area contributed by atoms with Gasteiger partial charge in [0.05, 0.1) is 13.7 Å². The first kappa shape index (κ1) is 13.6. The van der Waals surface area contributed by atoms with Crippen LogP contribution < -0.4 is 9.88 Å². The Hall–Kier alpha value is -1.86. The molecule has 6 nitrogen and oxygen atoms in total. The van der Waals surface area contributed by atoms with Crippen molar-refractivity contribution in [3.8, 4) is 5.75 Å². The average Bonchev–Trinajstić information content (AvgIpc) is 2.72. The van der Waals surface area contributed by atoms with Gasteiger partial charge in [0.25, 0.3) is 10.0 Å². The van der Waals surface area contributed by atoms with Crippen molar-refractivity contribution >= 4 is 10.0 Å². The third kappa shape index (κ3) is 3.12. The molecule has 0 aliphatic carbocycles. The van der Waals surface area contributed by atoms with Crippen LogP contribution in [0, 0.1) is 6.92 Å². The van der Waals surface area contributed by atoms with Crippen LogP contribution in [0.2, 0.25) is 0 Å². The van der Waals surface area contributed by atoms with Gasteiger partial charge in [-0.3, -0.25) is 4.68 Å². The average molecular weight is 281 g/mol. The van der Waals surface area contributed by atoms with E-state index in [1.54, 1.807) is 18.7 Å². The number of methoxy groups -OCH3 is 1. The van der Waals surface area contributed by atoms with Gasteiger partial charge in [-0.05, 0) is 30.7 Å². The Kier molecular flexibility index (Phi) is 3.59. The Morgan fingerprint density at radius 1 is 1.32 bits per heavy atom. The molecule has 0 saturated carbocycles. The van der Waals surface area contributed by atoms with E-state index in [4.69, 9.17) is 9.88 Å². The van der Waals surface area contributed by atoms with Crippen molar-refractivity contribution < 1.29 is 13.2 Å². The zero-order valence-corrected chi connectivity index (χ0v) is 11.5. The minimum atomic E-state index is -3.76. The highest BCUT2D eigenvalue weighted by Crippen LogP contribution is 2.14. The highest BCUT2D eigenvalue weighted by atomic mass is 32.2. The van der Waals surface area contributed by atoms with Crippen molar-refractivity contribution in [1.82, 2.24) is 9.78 Å². The summed E-state index contributed by atoms with van der Waals surface area (Å²) in [4.78, 5) is 0. The van der Waals surface area contributed by atoms with Crippen LogP contribution in [0.3, 0.4) is 0 Å². The van der Waals surface area contributed by atoms with Crippen LogP contribution in [-0.2, 0) is 16.6 Å². The first-order valence-electron chi connectivity index (χ1n) is 5.60. The molecule has 0 radical (unpaired) electrons. The molecule has 102 valence electrons. The van der Waals surface area contributed by atoms with Gasteiger partial charge in [-0.15, -0.1) is 0 Å². The van der Waals surface area contributed by atoms with Crippen LogP contribution in [0.25, 0.3) is 0 Å². The molecule has 0 aliphatic heterocycles. The van der Waals surface area contributed by atoms with E-state index >= 15 is 0 Å². The second-order valence-electron chi connectivity index (χ2n) is 4.17. The molecule has 0 atom stereocenters. The second-order valence-corrected chi connectivity index (χ2v) is 5.68. The fourth-order valence-corrected chi connectivity index (χ4v) is 2.23. The Morgan fingerprint density at radius 2 is 1.95 bits per heavy atom. The van der Waals surface area contributed by atoms with E-state index in [9.17, 15) is 8.42 Å². The molecule has 0 saturated heterocycles. The van der Waals surface area contributed by atoms with Crippen molar-refractivity contribution in [2.45, 2.75) is 18.5 Å². The third-order valence-corrected chi connectivity index (χ3v) is 3.52. The van der Waals surface area contributed by atoms with Crippen molar-refractivity contribution in [1.29, 1.82) is 0 Å². The van der Waals surface area contributed by atoms with Crippen molar-refractivity contribution in [3.63, 3.8) is 0 Å². The number of primary sulfonamides is 1. The van der Waals surface area contributed by atoms with Gasteiger partial charge in [-0.25, -0.2) is 13.6 Å².